The number of halogens is 2. The predicted octanol–water partition coefficient (Wildman–Crippen LogP) is 5.71. The number of hydrogen-bond acceptors (Lipinski definition) is 4. The second kappa shape index (κ2) is 7.36. The van der Waals surface area contributed by atoms with Crippen molar-refractivity contribution in [2.45, 2.75) is 0 Å². The molecule has 0 aliphatic heterocycles. The van der Waals surface area contributed by atoms with Crippen molar-refractivity contribution in [3.05, 3.63) is 90.9 Å². The zero-order valence-electron chi connectivity index (χ0n) is 15.6. The molecule has 0 atom stereocenters. The number of imidazole rings is 1. The summed E-state index contributed by atoms with van der Waals surface area (Å²) in [7, 11) is 0. The van der Waals surface area contributed by atoms with Gasteiger partial charge >= 0.3 is 0 Å². The first-order valence-corrected chi connectivity index (χ1v) is 9.24. The molecule has 0 aliphatic carbocycles. The van der Waals surface area contributed by atoms with Crippen LogP contribution in [0, 0.1) is 11.6 Å². The van der Waals surface area contributed by atoms with Gasteiger partial charge in [0.1, 0.15) is 12.2 Å². The highest BCUT2D eigenvalue weighted by atomic mass is 19.2. The summed E-state index contributed by atoms with van der Waals surface area (Å²) in [6, 6.07) is 19.6. The third-order valence-electron chi connectivity index (χ3n) is 4.71. The second-order valence-electron chi connectivity index (χ2n) is 6.75. The monoisotopic (exact) mass is 399 g/mol. The minimum Gasteiger partial charge on any atom is -0.356 e. The molecular weight excluding hydrogens is 384 g/mol. The molecule has 0 radical (unpaired) electrons. The van der Waals surface area contributed by atoms with Crippen molar-refractivity contribution in [2.75, 3.05) is 5.32 Å². The normalized spacial score (nSPS) is 11.0. The van der Waals surface area contributed by atoms with Crippen molar-refractivity contribution in [1.29, 1.82) is 0 Å². The fourth-order valence-corrected chi connectivity index (χ4v) is 3.24. The maximum absolute atomic E-state index is 13.5. The standard InChI is InChI=1S/C23H15F2N5/c24-18-11-21-22(12-19(18)25)30-23(29-21)15-2-1-3-17(10-15)28-16-6-4-14(5-7-16)20-8-9-26-13-27-20/h1-13,28H,(H,29,30). The molecule has 0 aliphatic rings. The van der Waals surface area contributed by atoms with Crippen LogP contribution in [0.25, 0.3) is 33.7 Å². The largest absolute Gasteiger partial charge is 0.356 e. The Bertz CT molecular complexity index is 1290. The van der Waals surface area contributed by atoms with Crippen LogP contribution in [0.4, 0.5) is 20.2 Å². The molecule has 0 fully saturated rings. The first-order chi connectivity index (χ1) is 14.7. The number of aromatic nitrogens is 4. The summed E-state index contributed by atoms with van der Waals surface area (Å²) in [5, 5.41) is 3.35. The molecule has 5 rings (SSSR count). The van der Waals surface area contributed by atoms with E-state index in [9.17, 15) is 8.78 Å². The van der Waals surface area contributed by atoms with Gasteiger partial charge in [-0.3, -0.25) is 0 Å². The van der Waals surface area contributed by atoms with Crippen LogP contribution in [-0.4, -0.2) is 19.9 Å². The Labute approximate surface area is 170 Å². The van der Waals surface area contributed by atoms with Gasteiger partial charge < -0.3 is 10.3 Å². The van der Waals surface area contributed by atoms with Crippen molar-refractivity contribution in [1.82, 2.24) is 19.9 Å². The highest BCUT2D eigenvalue weighted by Crippen LogP contribution is 2.27. The Kier molecular flexibility index (Phi) is 4.40. The smallest absolute Gasteiger partial charge is 0.161 e. The summed E-state index contributed by atoms with van der Waals surface area (Å²) in [5.74, 6) is -1.28. The fraction of sp³-hybridized carbons (Fsp3) is 0. The number of anilines is 2. The van der Waals surface area contributed by atoms with E-state index >= 15 is 0 Å². The molecule has 0 unspecified atom stereocenters. The van der Waals surface area contributed by atoms with Gasteiger partial charge in [-0.15, -0.1) is 0 Å². The molecule has 5 nitrogen and oxygen atoms in total. The lowest BCUT2D eigenvalue weighted by Gasteiger charge is -2.09. The van der Waals surface area contributed by atoms with E-state index in [-0.39, 0.29) is 0 Å². The van der Waals surface area contributed by atoms with Gasteiger partial charge in [-0.1, -0.05) is 24.3 Å². The van der Waals surface area contributed by atoms with Crippen molar-refractivity contribution in [3.63, 3.8) is 0 Å². The van der Waals surface area contributed by atoms with Gasteiger partial charge in [0.05, 0.1) is 16.7 Å². The van der Waals surface area contributed by atoms with Crippen molar-refractivity contribution in [3.8, 4) is 22.6 Å². The van der Waals surface area contributed by atoms with Crippen molar-refractivity contribution >= 4 is 22.4 Å². The van der Waals surface area contributed by atoms with Crippen molar-refractivity contribution < 1.29 is 8.78 Å². The molecule has 0 spiro atoms. The third-order valence-corrected chi connectivity index (χ3v) is 4.71. The molecule has 30 heavy (non-hydrogen) atoms. The Hall–Kier alpha value is -4.13. The lowest BCUT2D eigenvalue weighted by molar-refractivity contribution is 0.510. The zero-order valence-corrected chi connectivity index (χ0v) is 15.6. The Morgan fingerprint density at radius 2 is 1.63 bits per heavy atom. The van der Waals surface area contributed by atoms with E-state index in [0.29, 0.717) is 16.9 Å². The third kappa shape index (κ3) is 3.48. The average Bonchev–Trinajstić information content (AvgIpc) is 3.18. The molecule has 5 aromatic rings. The van der Waals surface area contributed by atoms with E-state index in [1.165, 1.54) is 6.33 Å². The first kappa shape index (κ1) is 17.9. The molecule has 2 aromatic heterocycles. The summed E-state index contributed by atoms with van der Waals surface area (Å²) in [6.07, 6.45) is 3.23. The van der Waals surface area contributed by atoms with Crippen LogP contribution < -0.4 is 5.32 Å². The summed E-state index contributed by atoms with van der Waals surface area (Å²) < 4.78 is 26.9. The molecular formula is C23H15F2N5. The lowest BCUT2D eigenvalue weighted by atomic mass is 10.1. The van der Waals surface area contributed by atoms with Gasteiger partial charge in [0.15, 0.2) is 11.6 Å². The number of H-pyrrole nitrogens is 1. The number of nitrogens with zero attached hydrogens (tertiary/aromatic N) is 3. The molecule has 0 amide bonds. The molecule has 0 saturated heterocycles. The molecule has 3 aromatic carbocycles. The minimum atomic E-state index is -0.915. The maximum atomic E-state index is 13.5. The van der Waals surface area contributed by atoms with Gasteiger partial charge in [-0.05, 0) is 30.3 Å². The highest BCUT2D eigenvalue weighted by Gasteiger charge is 2.10. The summed E-state index contributed by atoms with van der Waals surface area (Å²) in [5.41, 5.74) is 5.26. The van der Waals surface area contributed by atoms with Crippen molar-refractivity contribution in [2.24, 2.45) is 0 Å². The molecule has 146 valence electrons. The number of nitrogens with one attached hydrogen (secondary N) is 2. The molecule has 7 heteroatoms. The van der Waals surface area contributed by atoms with Crippen LogP contribution >= 0.6 is 0 Å². The molecule has 2 N–H and O–H groups in total. The van der Waals surface area contributed by atoms with E-state index in [1.807, 2.05) is 54.6 Å². The maximum Gasteiger partial charge on any atom is 0.161 e. The quantitative estimate of drug-likeness (QED) is 0.406. The van der Waals surface area contributed by atoms with Gasteiger partial charge in [-0.25, -0.2) is 23.7 Å². The number of hydrogen-bond donors (Lipinski definition) is 2. The minimum absolute atomic E-state index is 0.377. The van der Waals surface area contributed by atoms with E-state index in [2.05, 4.69) is 25.3 Å². The lowest BCUT2D eigenvalue weighted by Crippen LogP contribution is -1.91. The topological polar surface area (TPSA) is 66.5 Å². The van der Waals surface area contributed by atoms with Gasteiger partial charge in [0.2, 0.25) is 0 Å². The van der Waals surface area contributed by atoms with E-state index < -0.39 is 11.6 Å². The Balaban J connectivity index is 1.40. The Morgan fingerprint density at radius 3 is 2.43 bits per heavy atom. The molecule has 0 saturated carbocycles. The van der Waals surface area contributed by atoms with Gasteiger partial charge in [0, 0.05) is 40.8 Å². The fourth-order valence-electron chi connectivity index (χ4n) is 3.24. The zero-order chi connectivity index (χ0) is 20.5. The summed E-state index contributed by atoms with van der Waals surface area (Å²) in [4.78, 5) is 15.6. The highest BCUT2D eigenvalue weighted by molar-refractivity contribution is 5.80. The van der Waals surface area contributed by atoms with E-state index in [1.54, 1.807) is 6.20 Å². The summed E-state index contributed by atoms with van der Waals surface area (Å²) in [6.45, 7) is 0. The summed E-state index contributed by atoms with van der Waals surface area (Å²) >= 11 is 0. The van der Waals surface area contributed by atoms with Crippen LogP contribution in [0.3, 0.4) is 0 Å². The van der Waals surface area contributed by atoms with Crippen LogP contribution in [0.1, 0.15) is 0 Å². The van der Waals surface area contributed by atoms with Crippen LogP contribution in [-0.2, 0) is 0 Å². The number of rotatable bonds is 4. The second-order valence-corrected chi connectivity index (χ2v) is 6.75. The first-order valence-electron chi connectivity index (χ1n) is 9.24. The SMILES string of the molecule is Fc1cc2nc(-c3cccc(Nc4ccc(-c5ccncn5)cc4)c3)[nH]c2cc1F. The molecule has 2 heterocycles. The Morgan fingerprint density at radius 1 is 0.800 bits per heavy atom. The van der Waals surface area contributed by atoms with Crippen LogP contribution in [0.2, 0.25) is 0 Å². The van der Waals surface area contributed by atoms with E-state index in [4.69, 9.17) is 0 Å². The number of fused-ring (bicyclic) bond motifs is 1. The number of benzene rings is 3. The van der Waals surface area contributed by atoms with Gasteiger partial charge in [0.25, 0.3) is 0 Å². The number of aromatic amines is 1. The molecule has 0 bridgehead atoms. The van der Waals surface area contributed by atoms with Crippen LogP contribution in [0.15, 0.2) is 79.3 Å². The van der Waals surface area contributed by atoms with Crippen LogP contribution in [0.5, 0.6) is 0 Å². The van der Waals surface area contributed by atoms with E-state index in [0.717, 1.165) is 40.3 Å². The average molecular weight is 399 g/mol. The predicted molar refractivity (Wildman–Crippen MR) is 112 cm³/mol. The van der Waals surface area contributed by atoms with Gasteiger partial charge in [-0.2, -0.15) is 0 Å².